The Morgan fingerprint density at radius 1 is 1.13 bits per heavy atom. The largest absolute Gasteiger partial charge is 0.497 e. The summed E-state index contributed by atoms with van der Waals surface area (Å²) in [4.78, 5) is 1.06. The Bertz CT molecular complexity index is 1090. The summed E-state index contributed by atoms with van der Waals surface area (Å²) in [5, 5.41) is 11.0. The number of rotatable bonds is 6. The van der Waals surface area contributed by atoms with Crippen LogP contribution in [0.3, 0.4) is 0 Å². The van der Waals surface area contributed by atoms with Gasteiger partial charge in [-0.3, -0.25) is 0 Å². The molecule has 2 aliphatic carbocycles. The first kappa shape index (κ1) is 22.5. The van der Waals surface area contributed by atoms with Crippen LogP contribution in [-0.4, -0.2) is 32.5 Å². The van der Waals surface area contributed by atoms with E-state index >= 15 is 0 Å². The molecule has 2 aliphatic rings. The average Bonchev–Trinajstić information content (AvgIpc) is 3.08. The molecule has 5 nitrogen and oxygen atoms in total. The number of fused-ring (bicyclic) bond motifs is 2. The molecule has 2 aromatic carbocycles. The summed E-state index contributed by atoms with van der Waals surface area (Å²) in [6, 6.07) is 14.3. The van der Waals surface area contributed by atoms with E-state index in [9.17, 15) is 13.5 Å². The minimum absolute atomic E-state index is 0.0483. The van der Waals surface area contributed by atoms with Crippen LogP contribution in [0.1, 0.15) is 38.7 Å². The Balaban J connectivity index is 1.80. The third kappa shape index (κ3) is 3.85. The lowest BCUT2D eigenvalue weighted by atomic mass is 9.70. The van der Waals surface area contributed by atoms with Gasteiger partial charge in [0.2, 0.25) is 0 Å². The van der Waals surface area contributed by atoms with Crippen LogP contribution in [0.2, 0.25) is 0 Å². The third-order valence-electron chi connectivity index (χ3n) is 7.62. The fourth-order valence-electron chi connectivity index (χ4n) is 5.38. The van der Waals surface area contributed by atoms with Crippen molar-refractivity contribution in [3.05, 3.63) is 54.1 Å². The summed E-state index contributed by atoms with van der Waals surface area (Å²) in [5.41, 5.74) is 0.625. The lowest BCUT2D eigenvalue weighted by molar-refractivity contribution is 0.0164. The van der Waals surface area contributed by atoms with Crippen LogP contribution in [0.15, 0.2) is 62.1 Å². The second-order valence-electron chi connectivity index (χ2n) is 9.41. The molecule has 0 aromatic heterocycles. The molecular weight excluding hydrogens is 430 g/mol. The molecule has 7 heteroatoms. The fourth-order valence-corrected chi connectivity index (χ4v) is 9.52. The molecular formula is C24H31NO4S2. The molecule has 0 amide bonds. The highest BCUT2D eigenvalue weighted by Gasteiger charge is 2.63. The van der Waals surface area contributed by atoms with Gasteiger partial charge in [0.25, 0.3) is 10.0 Å². The molecule has 0 saturated heterocycles. The zero-order valence-electron chi connectivity index (χ0n) is 18.5. The number of aryl methyl sites for hydroxylation is 1. The van der Waals surface area contributed by atoms with Crippen molar-refractivity contribution in [1.29, 1.82) is 0 Å². The average molecular weight is 462 g/mol. The van der Waals surface area contributed by atoms with Crippen molar-refractivity contribution in [2.24, 2.45) is 20.5 Å². The zero-order chi connectivity index (χ0) is 22.4. The Hall–Kier alpha value is -1.70. The Labute approximate surface area is 188 Å². The summed E-state index contributed by atoms with van der Waals surface area (Å²) in [6.07, 6.45) is 2.35. The predicted molar refractivity (Wildman–Crippen MR) is 124 cm³/mol. The van der Waals surface area contributed by atoms with Crippen LogP contribution in [0.25, 0.3) is 0 Å². The molecule has 0 aliphatic heterocycles. The highest BCUT2D eigenvalue weighted by molar-refractivity contribution is 8.00. The van der Waals surface area contributed by atoms with E-state index in [2.05, 4.69) is 17.6 Å². The number of hydrogen-bond donors (Lipinski definition) is 1. The molecule has 2 bridgehead atoms. The third-order valence-corrected chi connectivity index (χ3v) is 11.6. The molecule has 4 atom stereocenters. The molecule has 31 heavy (non-hydrogen) atoms. The standard InChI is InChI=1S/C24H31NO4S2/c1-17-5-11-21(12-6-17)31(27,28)25-30(20-9-7-19(29-4)8-10-20)16-24-14-13-18(15-22(24)26)23(24,2)3/h5-12,18,22,26H,13-16H2,1-4H3/t18-,22-,24-,30?/m1/s1. The number of sulfonamides is 1. The fraction of sp³-hybridized carbons (Fsp3) is 0.500. The molecule has 0 spiro atoms. The van der Waals surface area contributed by atoms with Crippen LogP contribution in [0.4, 0.5) is 0 Å². The lowest BCUT2D eigenvalue weighted by Crippen LogP contribution is -2.43. The first-order chi connectivity index (χ1) is 14.6. The smallest absolute Gasteiger partial charge is 0.288 e. The van der Waals surface area contributed by atoms with Crippen molar-refractivity contribution >= 4 is 20.7 Å². The molecule has 168 valence electrons. The molecule has 4 rings (SSSR count). The van der Waals surface area contributed by atoms with Gasteiger partial charge in [-0.2, -0.15) is 8.42 Å². The van der Waals surface area contributed by atoms with Gasteiger partial charge in [0, 0.05) is 16.1 Å². The molecule has 2 saturated carbocycles. The minimum atomic E-state index is -3.83. The SMILES string of the molecule is COc1ccc(/S(C[C@]23CC[C@H](C[C@H]2O)C3(C)C)=N\S(=O)(=O)c2ccc(C)cc2)cc1. The van der Waals surface area contributed by atoms with Crippen molar-refractivity contribution in [3.8, 4) is 5.75 Å². The highest BCUT2D eigenvalue weighted by Crippen LogP contribution is 2.66. The van der Waals surface area contributed by atoms with Gasteiger partial charge in [-0.25, -0.2) is 0 Å². The maximum atomic E-state index is 13.2. The maximum Gasteiger partial charge on any atom is 0.288 e. The van der Waals surface area contributed by atoms with Gasteiger partial charge in [-0.05, 0) is 73.9 Å². The van der Waals surface area contributed by atoms with E-state index in [1.165, 1.54) is 0 Å². The first-order valence-corrected chi connectivity index (χ1v) is 13.5. The zero-order valence-corrected chi connectivity index (χ0v) is 20.2. The van der Waals surface area contributed by atoms with E-state index in [4.69, 9.17) is 4.74 Å². The van der Waals surface area contributed by atoms with Crippen molar-refractivity contribution in [3.63, 3.8) is 0 Å². The topological polar surface area (TPSA) is 76.0 Å². The molecule has 1 N–H and O–H groups in total. The second kappa shape index (κ2) is 8.01. The number of benzene rings is 2. The van der Waals surface area contributed by atoms with E-state index in [0.29, 0.717) is 17.4 Å². The number of aliphatic hydroxyl groups is 1. The van der Waals surface area contributed by atoms with Crippen molar-refractivity contribution in [2.75, 3.05) is 12.9 Å². The Morgan fingerprint density at radius 2 is 1.77 bits per heavy atom. The van der Waals surface area contributed by atoms with Gasteiger partial charge in [0.15, 0.2) is 0 Å². The first-order valence-electron chi connectivity index (χ1n) is 10.7. The van der Waals surface area contributed by atoms with Gasteiger partial charge in [-0.1, -0.05) is 42.2 Å². The Kier molecular flexibility index (Phi) is 5.82. The van der Waals surface area contributed by atoms with Gasteiger partial charge in [0.05, 0.1) is 18.1 Å². The monoisotopic (exact) mass is 461 g/mol. The van der Waals surface area contributed by atoms with Crippen molar-refractivity contribution < 1.29 is 18.3 Å². The normalized spacial score (nSPS) is 28.0. The van der Waals surface area contributed by atoms with Crippen LogP contribution in [-0.2, 0) is 20.7 Å². The summed E-state index contributed by atoms with van der Waals surface area (Å²) < 4.78 is 36.2. The van der Waals surface area contributed by atoms with Crippen LogP contribution >= 0.6 is 0 Å². The summed E-state index contributed by atoms with van der Waals surface area (Å²) in [7, 11) is -3.15. The molecule has 0 radical (unpaired) electrons. The van der Waals surface area contributed by atoms with Gasteiger partial charge >= 0.3 is 0 Å². The predicted octanol–water partition coefficient (Wildman–Crippen LogP) is 4.74. The number of hydrogen-bond acceptors (Lipinski definition) is 4. The highest BCUT2D eigenvalue weighted by atomic mass is 32.3. The molecule has 2 aromatic rings. The van der Waals surface area contributed by atoms with Gasteiger partial charge in [-0.15, -0.1) is 3.77 Å². The van der Waals surface area contributed by atoms with Crippen LogP contribution in [0, 0.1) is 23.7 Å². The van der Waals surface area contributed by atoms with E-state index < -0.39 is 26.8 Å². The van der Waals surface area contributed by atoms with Crippen molar-refractivity contribution in [1.82, 2.24) is 0 Å². The molecule has 2 fully saturated rings. The van der Waals surface area contributed by atoms with Crippen LogP contribution < -0.4 is 4.74 Å². The summed E-state index contributed by atoms with van der Waals surface area (Å²) in [5.74, 6) is 1.72. The van der Waals surface area contributed by atoms with Crippen molar-refractivity contribution in [2.45, 2.75) is 55.9 Å². The maximum absolute atomic E-state index is 13.2. The van der Waals surface area contributed by atoms with E-state index in [1.54, 1.807) is 31.4 Å². The quantitative estimate of drug-likeness (QED) is 0.674. The number of ether oxygens (including phenoxy) is 1. The van der Waals surface area contributed by atoms with E-state index in [1.807, 2.05) is 31.2 Å². The molecule has 0 heterocycles. The Morgan fingerprint density at radius 3 is 2.29 bits per heavy atom. The van der Waals surface area contributed by atoms with Gasteiger partial charge < -0.3 is 9.84 Å². The van der Waals surface area contributed by atoms with Crippen LogP contribution in [0.5, 0.6) is 5.75 Å². The van der Waals surface area contributed by atoms with E-state index in [0.717, 1.165) is 29.7 Å². The minimum Gasteiger partial charge on any atom is -0.497 e. The molecule has 1 unspecified atom stereocenters. The van der Waals surface area contributed by atoms with E-state index in [-0.39, 0.29) is 15.7 Å². The van der Waals surface area contributed by atoms with Gasteiger partial charge in [0.1, 0.15) is 5.75 Å². The lowest BCUT2D eigenvalue weighted by Gasteiger charge is -2.41. The summed E-state index contributed by atoms with van der Waals surface area (Å²) in [6.45, 7) is 6.38. The number of aliphatic hydroxyl groups excluding tert-OH is 1. The second-order valence-corrected chi connectivity index (χ2v) is 12.9. The number of nitrogens with zero attached hydrogens (tertiary/aromatic N) is 1. The number of methoxy groups -OCH3 is 1. The summed E-state index contributed by atoms with van der Waals surface area (Å²) >= 11 is 0.